The van der Waals surface area contributed by atoms with Crippen molar-refractivity contribution in [2.45, 2.75) is 25.1 Å². The van der Waals surface area contributed by atoms with Gasteiger partial charge in [-0.15, -0.1) is 0 Å². The van der Waals surface area contributed by atoms with Gasteiger partial charge in [-0.1, -0.05) is 5.16 Å². The van der Waals surface area contributed by atoms with Crippen molar-refractivity contribution in [1.82, 2.24) is 9.46 Å². The molecule has 1 saturated heterocycles. The third-order valence-electron chi connectivity index (χ3n) is 2.95. The van der Waals surface area contributed by atoms with Crippen LogP contribution >= 0.6 is 11.8 Å². The fourth-order valence-corrected chi connectivity index (χ4v) is 5.04. The maximum absolute atomic E-state index is 12.4. The minimum atomic E-state index is -3.58. The molecule has 9 heteroatoms. The van der Waals surface area contributed by atoms with Gasteiger partial charge in [-0.3, -0.25) is 4.79 Å². The van der Waals surface area contributed by atoms with Gasteiger partial charge in [0.1, 0.15) is 17.2 Å². The molecule has 0 aliphatic carbocycles. The first kappa shape index (κ1) is 15.3. The fourth-order valence-electron chi connectivity index (χ4n) is 2.12. The lowest BCUT2D eigenvalue weighted by atomic mass is 10.2. The molecule has 20 heavy (non-hydrogen) atoms. The van der Waals surface area contributed by atoms with Gasteiger partial charge in [0, 0.05) is 30.2 Å². The van der Waals surface area contributed by atoms with Gasteiger partial charge in [-0.2, -0.15) is 16.1 Å². The number of carboxylic acid groups (broad SMARTS) is 1. The molecule has 1 aromatic heterocycles. The number of hydrogen-bond acceptors (Lipinski definition) is 6. The minimum Gasteiger partial charge on any atom is -0.481 e. The standard InChI is InChI=1S/C11H16N2O5S2/c1-8-4-9(12-18-8)7-20(16,17)13-2-3-19-6-10(13)5-11(14)15/h4,10H,2-3,5-7H2,1H3,(H,14,15). The number of aliphatic carboxylic acids is 1. The fraction of sp³-hybridized carbons (Fsp3) is 0.636. The maximum Gasteiger partial charge on any atom is 0.305 e. The molecule has 0 radical (unpaired) electrons. The van der Waals surface area contributed by atoms with Crippen molar-refractivity contribution in [3.05, 3.63) is 17.5 Å². The largest absolute Gasteiger partial charge is 0.481 e. The lowest BCUT2D eigenvalue weighted by Gasteiger charge is -2.33. The molecule has 2 rings (SSSR count). The minimum absolute atomic E-state index is 0.177. The van der Waals surface area contributed by atoms with Crippen LogP contribution in [0.5, 0.6) is 0 Å². The molecular weight excluding hydrogens is 304 g/mol. The van der Waals surface area contributed by atoms with Gasteiger partial charge >= 0.3 is 5.97 Å². The predicted molar refractivity (Wildman–Crippen MR) is 73.9 cm³/mol. The van der Waals surface area contributed by atoms with E-state index in [0.29, 0.717) is 29.5 Å². The summed E-state index contributed by atoms with van der Waals surface area (Å²) in [6, 6.07) is 1.08. The highest BCUT2D eigenvalue weighted by Crippen LogP contribution is 2.24. The van der Waals surface area contributed by atoms with E-state index in [-0.39, 0.29) is 12.2 Å². The van der Waals surface area contributed by atoms with E-state index in [2.05, 4.69) is 5.16 Å². The van der Waals surface area contributed by atoms with E-state index in [4.69, 9.17) is 9.63 Å². The third kappa shape index (κ3) is 3.74. The number of carboxylic acids is 1. The summed E-state index contributed by atoms with van der Waals surface area (Å²) >= 11 is 1.57. The normalized spacial score (nSPS) is 20.9. The molecular formula is C11H16N2O5S2. The number of aryl methyl sites for hydroxylation is 1. The molecule has 1 unspecified atom stereocenters. The zero-order chi connectivity index (χ0) is 14.8. The zero-order valence-corrected chi connectivity index (χ0v) is 12.6. The van der Waals surface area contributed by atoms with Gasteiger partial charge in [0.25, 0.3) is 0 Å². The first-order valence-corrected chi connectivity index (χ1v) is 8.86. The zero-order valence-electron chi connectivity index (χ0n) is 11.0. The number of sulfonamides is 1. The summed E-state index contributed by atoms with van der Waals surface area (Å²) in [4.78, 5) is 10.8. The van der Waals surface area contributed by atoms with Crippen molar-refractivity contribution in [2.75, 3.05) is 18.1 Å². The monoisotopic (exact) mass is 320 g/mol. The van der Waals surface area contributed by atoms with Gasteiger partial charge in [-0.25, -0.2) is 8.42 Å². The quantitative estimate of drug-likeness (QED) is 0.852. The average Bonchev–Trinajstić information content (AvgIpc) is 2.73. The van der Waals surface area contributed by atoms with Crippen molar-refractivity contribution in [2.24, 2.45) is 0 Å². The summed E-state index contributed by atoms with van der Waals surface area (Å²) in [6.45, 7) is 2.02. The molecule has 0 aromatic carbocycles. The number of nitrogens with zero attached hydrogens (tertiary/aromatic N) is 2. The van der Waals surface area contributed by atoms with Gasteiger partial charge in [0.05, 0.1) is 6.42 Å². The van der Waals surface area contributed by atoms with Gasteiger partial charge in [-0.05, 0) is 6.92 Å². The topological polar surface area (TPSA) is 101 Å². The Morgan fingerprint density at radius 2 is 2.40 bits per heavy atom. The first-order chi connectivity index (χ1) is 9.38. The van der Waals surface area contributed by atoms with Crippen molar-refractivity contribution in [3.8, 4) is 0 Å². The Bertz CT molecular complexity index is 583. The Labute approximate surface area is 121 Å². The maximum atomic E-state index is 12.4. The first-order valence-electron chi connectivity index (χ1n) is 6.10. The van der Waals surface area contributed by atoms with Crippen LogP contribution in [0.15, 0.2) is 10.6 Å². The van der Waals surface area contributed by atoms with Crippen molar-refractivity contribution < 1.29 is 22.8 Å². The van der Waals surface area contributed by atoms with Crippen molar-refractivity contribution in [1.29, 1.82) is 0 Å². The second-order valence-electron chi connectivity index (χ2n) is 4.62. The highest BCUT2D eigenvalue weighted by atomic mass is 32.2. The molecule has 1 aliphatic heterocycles. The Morgan fingerprint density at radius 3 is 3.00 bits per heavy atom. The molecule has 0 spiro atoms. The van der Waals surface area contributed by atoms with Crippen LogP contribution in [-0.4, -0.2) is 53.0 Å². The van der Waals surface area contributed by atoms with Crippen LogP contribution in [0.3, 0.4) is 0 Å². The number of hydrogen-bond donors (Lipinski definition) is 1. The van der Waals surface area contributed by atoms with E-state index >= 15 is 0 Å². The van der Waals surface area contributed by atoms with Crippen LogP contribution in [0.4, 0.5) is 0 Å². The molecule has 1 N–H and O–H groups in total. The molecule has 112 valence electrons. The third-order valence-corrected chi connectivity index (χ3v) is 5.90. The Hall–Kier alpha value is -1.06. The van der Waals surface area contributed by atoms with E-state index in [1.54, 1.807) is 24.8 Å². The molecule has 0 bridgehead atoms. The Morgan fingerprint density at radius 1 is 1.65 bits per heavy atom. The Balaban J connectivity index is 2.15. The number of aromatic nitrogens is 1. The summed E-state index contributed by atoms with van der Waals surface area (Å²) in [6.07, 6.45) is -0.177. The SMILES string of the molecule is Cc1cc(CS(=O)(=O)N2CCSCC2CC(=O)O)no1. The van der Waals surface area contributed by atoms with E-state index in [0.717, 1.165) is 0 Å². The highest BCUT2D eigenvalue weighted by Gasteiger charge is 2.34. The van der Waals surface area contributed by atoms with Crippen LogP contribution in [0.1, 0.15) is 17.9 Å². The van der Waals surface area contributed by atoms with Crippen LogP contribution in [0, 0.1) is 6.92 Å². The smallest absolute Gasteiger partial charge is 0.305 e. The van der Waals surface area contributed by atoms with E-state index < -0.39 is 22.0 Å². The molecule has 0 saturated carbocycles. The summed E-state index contributed by atoms with van der Waals surface area (Å²) in [5.41, 5.74) is 0.342. The predicted octanol–water partition coefficient (Wildman–Crippen LogP) is 0.705. The molecule has 1 fully saturated rings. The average molecular weight is 320 g/mol. The molecule has 1 aliphatic rings. The molecule has 2 heterocycles. The lowest BCUT2D eigenvalue weighted by Crippen LogP contribution is -2.47. The summed E-state index contributed by atoms with van der Waals surface area (Å²) in [7, 11) is -3.58. The van der Waals surface area contributed by atoms with Crippen molar-refractivity contribution >= 4 is 27.8 Å². The van der Waals surface area contributed by atoms with Gasteiger partial charge < -0.3 is 9.63 Å². The molecule has 0 amide bonds. The molecule has 1 atom stereocenters. The number of carbonyl (C=O) groups is 1. The second kappa shape index (κ2) is 6.15. The van der Waals surface area contributed by atoms with Crippen LogP contribution in [0.25, 0.3) is 0 Å². The summed E-state index contributed by atoms with van der Waals surface area (Å²) in [5, 5.41) is 12.6. The van der Waals surface area contributed by atoms with Crippen LogP contribution in [0.2, 0.25) is 0 Å². The van der Waals surface area contributed by atoms with Crippen LogP contribution < -0.4 is 0 Å². The molecule has 1 aromatic rings. The molecule has 7 nitrogen and oxygen atoms in total. The highest BCUT2D eigenvalue weighted by molar-refractivity contribution is 7.99. The number of rotatable bonds is 5. The Kier molecular flexibility index (Phi) is 4.71. The second-order valence-corrected chi connectivity index (χ2v) is 7.69. The summed E-state index contributed by atoms with van der Waals surface area (Å²) in [5.74, 6) is 0.475. The lowest BCUT2D eigenvalue weighted by molar-refractivity contribution is -0.137. The van der Waals surface area contributed by atoms with Crippen LogP contribution in [-0.2, 0) is 20.6 Å². The van der Waals surface area contributed by atoms with Gasteiger partial charge in [0.2, 0.25) is 10.0 Å². The van der Waals surface area contributed by atoms with Crippen molar-refractivity contribution in [3.63, 3.8) is 0 Å². The van der Waals surface area contributed by atoms with E-state index in [9.17, 15) is 13.2 Å². The van der Waals surface area contributed by atoms with E-state index in [1.165, 1.54) is 4.31 Å². The van der Waals surface area contributed by atoms with Gasteiger partial charge in [0.15, 0.2) is 0 Å². The number of thioether (sulfide) groups is 1. The summed E-state index contributed by atoms with van der Waals surface area (Å²) < 4.78 is 30.9. The van der Waals surface area contributed by atoms with E-state index in [1.807, 2.05) is 0 Å².